The quantitative estimate of drug-likeness (QED) is 0.757. The van der Waals surface area contributed by atoms with Crippen molar-refractivity contribution in [1.82, 2.24) is 4.90 Å². The highest BCUT2D eigenvalue weighted by Gasteiger charge is 2.27. The number of piperidine rings is 1. The van der Waals surface area contributed by atoms with E-state index in [4.69, 9.17) is 16.3 Å². The van der Waals surface area contributed by atoms with Crippen LogP contribution in [0, 0.1) is 5.92 Å². The molecule has 0 saturated carbocycles. The summed E-state index contributed by atoms with van der Waals surface area (Å²) in [6.45, 7) is 7.98. The zero-order valence-electron chi connectivity index (χ0n) is 13.9. The second-order valence-corrected chi connectivity index (χ2v) is 8.23. The van der Waals surface area contributed by atoms with E-state index in [-0.39, 0.29) is 6.09 Å². The second kappa shape index (κ2) is 7.75. The summed E-state index contributed by atoms with van der Waals surface area (Å²) in [7, 11) is 0. The van der Waals surface area contributed by atoms with Crippen molar-refractivity contribution in [1.29, 1.82) is 0 Å². The van der Waals surface area contributed by atoms with Gasteiger partial charge in [0.2, 0.25) is 0 Å². The molecule has 128 valence electrons. The number of hydrogen-bond acceptors (Lipinski definition) is 3. The standard InChI is InChI=1S/C17H24BrClN2O2/c1-17(2,3)23-16(22)21-8-4-5-12(11-21)10-20-15-9-13(19)6-7-14(15)18/h6-7,9,12,20H,4-5,8,10-11H2,1-3H3. The molecule has 1 heterocycles. The molecule has 0 aromatic heterocycles. The molecule has 0 aliphatic carbocycles. The first-order chi connectivity index (χ1) is 10.7. The van der Waals surface area contributed by atoms with Crippen LogP contribution in [0.2, 0.25) is 5.02 Å². The average molecular weight is 404 g/mol. The van der Waals surface area contributed by atoms with Gasteiger partial charge in [-0.15, -0.1) is 0 Å². The van der Waals surface area contributed by atoms with Crippen LogP contribution in [0.3, 0.4) is 0 Å². The van der Waals surface area contributed by atoms with Gasteiger partial charge in [-0.3, -0.25) is 0 Å². The van der Waals surface area contributed by atoms with Gasteiger partial charge in [-0.05, 0) is 73.7 Å². The van der Waals surface area contributed by atoms with E-state index in [0.29, 0.717) is 10.9 Å². The molecule has 1 N–H and O–H groups in total. The molecule has 0 radical (unpaired) electrons. The number of hydrogen-bond donors (Lipinski definition) is 1. The summed E-state index contributed by atoms with van der Waals surface area (Å²) in [6.07, 6.45) is 1.89. The van der Waals surface area contributed by atoms with Crippen LogP contribution in [0.5, 0.6) is 0 Å². The highest BCUT2D eigenvalue weighted by atomic mass is 79.9. The topological polar surface area (TPSA) is 41.6 Å². The van der Waals surface area contributed by atoms with E-state index in [2.05, 4.69) is 21.2 Å². The van der Waals surface area contributed by atoms with Gasteiger partial charge < -0.3 is 15.0 Å². The first kappa shape index (κ1) is 18.4. The molecule has 1 aliphatic rings. The predicted molar refractivity (Wildman–Crippen MR) is 98.2 cm³/mol. The summed E-state index contributed by atoms with van der Waals surface area (Å²) in [6, 6.07) is 5.68. The van der Waals surface area contributed by atoms with E-state index in [1.165, 1.54) is 0 Å². The average Bonchev–Trinajstić information content (AvgIpc) is 2.47. The van der Waals surface area contributed by atoms with Gasteiger partial charge in [-0.1, -0.05) is 11.6 Å². The molecular formula is C17H24BrClN2O2. The Morgan fingerprint density at radius 1 is 1.48 bits per heavy atom. The summed E-state index contributed by atoms with van der Waals surface area (Å²) < 4.78 is 6.45. The lowest BCUT2D eigenvalue weighted by atomic mass is 9.98. The Kier molecular flexibility index (Phi) is 6.20. The maximum Gasteiger partial charge on any atom is 0.410 e. The summed E-state index contributed by atoms with van der Waals surface area (Å²) >= 11 is 9.55. The summed E-state index contributed by atoms with van der Waals surface area (Å²) in [4.78, 5) is 14.0. The number of anilines is 1. The van der Waals surface area contributed by atoms with Crippen molar-refractivity contribution < 1.29 is 9.53 Å². The van der Waals surface area contributed by atoms with Gasteiger partial charge in [-0.25, -0.2) is 4.79 Å². The molecule has 1 fully saturated rings. The first-order valence-corrected chi connectivity index (χ1v) is 9.08. The fourth-order valence-electron chi connectivity index (χ4n) is 2.61. The van der Waals surface area contributed by atoms with Crippen LogP contribution >= 0.6 is 27.5 Å². The van der Waals surface area contributed by atoms with Crippen molar-refractivity contribution in [3.05, 3.63) is 27.7 Å². The minimum Gasteiger partial charge on any atom is -0.444 e. The highest BCUT2D eigenvalue weighted by Crippen LogP contribution is 2.27. The van der Waals surface area contributed by atoms with Crippen molar-refractivity contribution in [2.45, 2.75) is 39.2 Å². The number of carbonyl (C=O) groups excluding carboxylic acids is 1. The number of likely N-dealkylation sites (tertiary alicyclic amines) is 1. The van der Waals surface area contributed by atoms with Crippen molar-refractivity contribution in [2.75, 3.05) is 25.0 Å². The first-order valence-electron chi connectivity index (χ1n) is 7.91. The van der Waals surface area contributed by atoms with E-state index < -0.39 is 5.60 Å². The maximum absolute atomic E-state index is 12.2. The lowest BCUT2D eigenvalue weighted by Crippen LogP contribution is -2.44. The third kappa shape index (κ3) is 5.88. The number of amides is 1. The van der Waals surface area contributed by atoms with E-state index in [1.54, 1.807) is 0 Å². The van der Waals surface area contributed by atoms with Crippen molar-refractivity contribution in [3.63, 3.8) is 0 Å². The summed E-state index contributed by atoms with van der Waals surface area (Å²) in [5, 5.41) is 4.12. The molecule has 1 aromatic carbocycles. The maximum atomic E-state index is 12.2. The molecule has 1 saturated heterocycles. The Bertz CT molecular complexity index is 560. The van der Waals surface area contributed by atoms with Gasteiger partial charge in [0.25, 0.3) is 0 Å². The van der Waals surface area contributed by atoms with Crippen LogP contribution in [0.15, 0.2) is 22.7 Å². The zero-order chi connectivity index (χ0) is 17.0. The molecular weight excluding hydrogens is 380 g/mol. The number of nitrogens with one attached hydrogen (secondary N) is 1. The molecule has 0 spiro atoms. The molecule has 1 aromatic rings. The third-order valence-corrected chi connectivity index (χ3v) is 4.61. The highest BCUT2D eigenvalue weighted by molar-refractivity contribution is 9.10. The van der Waals surface area contributed by atoms with Crippen LogP contribution in [0.25, 0.3) is 0 Å². The molecule has 1 aliphatic heterocycles. The lowest BCUT2D eigenvalue weighted by Gasteiger charge is -2.34. The van der Waals surface area contributed by atoms with Crippen LogP contribution in [-0.4, -0.2) is 36.2 Å². The van der Waals surface area contributed by atoms with E-state index >= 15 is 0 Å². The summed E-state index contributed by atoms with van der Waals surface area (Å²) in [5.74, 6) is 0.405. The van der Waals surface area contributed by atoms with Crippen LogP contribution in [0.1, 0.15) is 33.6 Å². The smallest absolute Gasteiger partial charge is 0.410 e. The number of rotatable bonds is 3. The lowest BCUT2D eigenvalue weighted by molar-refractivity contribution is 0.0172. The minimum atomic E-state index is -0.450. The fraction of sp³-hybridized carbons (Fsp3) is 0.588. The predicted octanol–water partition coefficient (Wildman–Crippen LogP) is 5.16. The van der Waals surface area contributed by atoms with E-state index in [0.717, 1.165) is 42.6 Å². The molecule has 6 heteroatoms. The number of nitrogens with zero attached hydrogens (tertiary/aromatic N) is 1. The number of benzene rings is 1. The monoisotopic (exact) mass is 402 g/mol. The van der Waals surface area contributed by atoms with Gasteiger partial charge >= 0.3 is 6.09 Å². The Morgan fingerprint density at radius 3 is 2.91 bits per heavy atom. The molecule has 23 heavy (non-hydrogen) atoms. The second-order valence-electron chi connectivity index (χ2n) is 6.94. The molecule has 0 bridgehead atoms. The zero-order valence-corrected chi connectivity index (χ0v) is 16.2. The Balaban J connectivity index is 1.89. The summed E-state index contributed by atoms with van der Waals surface area (Å²) in [5.41, 5.74) is 0.528. The fourth-order valence-corrected chi connectivity index (χ4v) is 3.17. The van der Waals surface area contributed by atoms with Gasteiger partial charge in [0.1, 0.15) is 5.60 Å². The number of ether oxygens (including phenoxy) is 1. The van der Waals surface area contributed by atoms with Crippen molar-refractivity contribution in [3.8, 4) is 0 Å². The van der Waals surface area contributed by atoms with Gasteiger partial charge in [0.05, 0.1) is 0 Å². The SMILES string of the molecule is CC(C)(C)OC(=O)N1CCCC(CNc2cc(Cl)ccc2Br)C1. The van der Waals surface area contributed by atoms with E-state index in [9.17, 15) is 4.79 Å². The van der Waals surface area contributed by atoms with E-state index in [1.807, 2.05) is 43.9 Å². The van der Waals surface area contributed by atoms with Crippen molar-refractivity contribution >= 4 is 39.3 Å². The molecule has 4 nitrogen and oxygen atoms in total. The molecule has 1 amide bonds. The van der Waals surface area contributed by atoms with Crippen LogP contribution < -0.4 is 5.32 Å². The van der Waals surface area contributed by atoms with Crippen molar-refractivity contribution in [2.24, 2.45) is 5.92 Å². The Hall–Kier alpha value is -0.940. The number of halogens is 2. The molecule has 2 rings (SSSR count). The number of carbonyl (C=O) groups is 1. The third-order valence-electron chi connectivity index (χ3n) is 3.68. The largest absolute Gasteiger partial charge is 0.444 e. The molecule has 1 unspecified atom stereocenters. The van der Waals surface area contributed by atoms with Crippen LogP contribution in [-0.2, 0) is 4.74 Å². The molecule has 1 atom stereocenters. The van der Waals surface area contributed by atoms with Gasteiger partial charge in [0.15, 0.2) is 0 Å². The Labute approximate surface area is 151 Å². The Morgan fingerprint density at radius 2 is 2.22 bits per heavy atom. The van der Waals surface area contributed by atoms with Crippen LogP contribution in [0.4, 0.5) is 10.5 Å². The van der Waals surface area contributed by atoms with Gasteiger partial charge in [0, 0.05) is 34.8 Å². The minimum absolute atomic E-state index is 0.217. The normalized spacial score (nSPS) is 18.7. The van der Waals surface area contributed by atoms with Gasteiger partial charge in [-0.2, -0.15) is 0 Å².